The molecule has 3 amide bonds. The molecule has 1 aromatic heterocycles. The van der Waals surface area contributed by atoms with Crippen LogP contribution in [0.15, 0.2) is 48.5 Å². The minimum atomic E-state index is -0.714. The molecule has 37 heavy (non-hydrogen) atoms. The summed E-state index contributed by atoms with van der Waals surface area (Å²) in [5.74, 6) is 0.144. The second kappa shape index (κ2) is 13.2. The van der Waals surface area contributed by atoms with Crippen LogP contribution in [0, 0.1) is 12.7 Å². The van der Waals surface area contributed by atoms with Crippen molar-refractivity contribution in [1.82, 2.24) is 20.0 Å². The molecule has 0 saturated carbocycles. The normalized spacial score (nSPS) is 15.1. The predicted molar refractivity (Wildman–Crippen MR) is 142 cm³/mol. The zero-order valence-corrected chi connectivity index (χ0v) is 21.9. The van der Waals surface area contributed by atoms with Crippen LogP contribution in [0.25, 0.3) is 5.69 Å². The van der Waals surface area contributed by atoms with Gasteiger partial charge in [0.25, 0.3) is 5.91 Å². The minimum Gasteiger partial charge on any atom is -0.383 e. The Morgan fingerprint density at radius 2 is 1.97 bits per heavy atom. The average molecular weight is 531 g/mol. The summed E-state index contributed by atoms with van der Waals surface area (Å²) in [6.07, 6.45) is 1.07. The topological polar surface area (TPSA) is 115 Å². The Hall–Kier alpha value is -3.47. The minimum absolute atomic E-state index is 0.197. The molecule has 2 heterocycles. The summed E-state index contributed by atoms with van der Waals surface area (Å²) in [5.41, 5.74) is 7.72. The van der Waals surface area contributed by atoms with Crippen molar-refractivity contribution < 1.29 is 18.7 Å². The summed E-state index contributed by atoms with van der Waals surface area (Å²) in [6, 6.07) is 13.6. The molecule has 0 bridgehead atoms. The van der Waals surface area contributed by atoms with Crippen LogP contribution in [0.3, 0.4) is 0 Å². The molecule has 1 fully saturated rings. The number of nitrogens with one attached hydrogen (secondary N) is 2. The molecule has 2 aromatic carbocycles. The van der Waals surface area contributed by atoms with Gasteiger partial charge in [0.2, 0.25) is 0 Å². The van der Waals surface area contributed by atoms with E-state index in [9.17, 15) is 14.0 Å². The van der Waals surface area contributed by atoms with Crippen molar-refractivity contribution in [1.29, 1.82) is 0 Å². The summed E-state index contributed by atoms with van der Waals surface area (Å²) < 4.78 is 19.9. The Kier molecular flexibility index (Phi) is 10.0. The number of benzene rings is 2. The van der Waals surface area contributed by atoms with Gasteiger partial charge < -0.3 is 20.7 Å². The summed E-state index contributed by atoms with van der Waals surface area (Å²) >= 11 is 5.68. The van der Waals surface area contributed by atoms with Crippen molar-refractivity contribution in [3.05, 3.63) is 76.2 Å². The van der Waals surface area contributed by atoms with Crippen LogP contribution in [0.1, 0.15) is 34.0 Å². The highest BCUT2D eigenvalue weighted by molar-refractivity contribution is 6.30. The number of amides is 3. The van der Waals surface area contributed by atoms with Gasteiger partial charge in [-0.15, -0.1) is 0 Å². The largest absolute Gasteiger partial charge is 0.383 e. The first-order chi connectivity index (χ1) is 17.7. The Morgan fingerprint density at radius 3 is 2.59 bits per heavy atom. The van der Waals surface area contributed by atoms with E-state index in [-0.39, 0.29) is 22.4 Å². The van der Waals surface area contributed by atoms with E-state index in [1.54, 1.807) is 26.2 Å². The van der Waals surface area contributed by atoms with E-state index < -0.39 is 6.03 Å². The number of hydrogen-bond donors (Lipinski definition) is 3. The smallest absolute Gasteiger partial charge is 0.317 e. The summed E-state index contributed by atoms with van der Waals surface area (Å²) in [6.45, 7) is 5.43. The van der Waals surface area contributed by atoms with Crippen LogP contribution in [-0.4, -0.2) is 67.0 Å². The van der Waals surface area contributed by atoms with Gasteiger partial charge in [-0.05, 0) is 55.6 Å². The van der Waals surface area contributed by atoms with Gasteiger partial charge in [-0.2, -0.15) is 5.10 Å². The standard InChI is InChI=1S/C13H17ClFNO.C13H15N5O2/c1-17-7-6-16-5-4-11(9-16)10-2-3-12(14)13(15)8-10;1-8-10(12(19)15-2)17-18(11(8)16-13(14)20)9-6-4-3-5-7-9/h2-3,8,11H,4-7,9H2,1H3;3-7H,1-2H3,(H,15,19)(H3,14,16,20)/t11-;/m0./s1. The molecule has 0 unspecified atom stereocenters. The molecule has 0 radical (unpaired) electrons. The van der Waals surface area contributed by atoms with E-state index in [1.165, 1.54) is 11.7 Å². The number of hydrogen-bond acceptors (Lipinski definition) is 5. The third-order valence-electron chi connectivity index (χ3n) is 6.11. The fraction of sp³-hybridized carbons (Fsp3) is 0.346. The van der Waals surface area contributed by atoms with Gasteiger partial charge in [-0.25, -0.2) is 13.9 Å². The lowest BCUT2D eigenvalue weighted by Gasteiger charge is -2.15. The number of methoxy groups -OCH3 is 1. The number of likely N-dealkylation sites (tertiary alicyclic amines) is 1. The number of carbonyl (C=O) groups is 2. The first-order valence-electron chi connectivity index (χ1n) is 11.8. The fourth-order valence-electron chi connectivity index (χ4n) is 4.14. The van der Waals surface area contributed by atoms with E-state index in [1.807, 2.05) is 36.4 Å². The lowest BCUT2D eigenvalue weighted by atomic mass is 9.98. The number of nitrogens with zero attached hydrogens (tertiary/aromatic N) is 3. The third kappa shape index (κ3) is 7.28. The first kappa shape index (κ1) is 28.1. The maximum atomic E-state index is 13.4. The van der Waals surface area contributed by atoms with E-state index >= 15 is 0 Å². The lowest BCUT2D eigenvalue weighted by molar-refractivity contribution is 0.0957. The fourth-order valence-corrected chi connectivity index (χ4v) is 4.26. The monoisotopic (exact) mass is 530 g/mol. The van der Waals surface area contributed by atoms with Crippen LogP contribution in [0.5, 0.6) is 0 Å². The second-order valence-corrected chi connectivity index (χ2v) is 9.00. The molecule has 0 spiro atoms. The summed E-state index contributed by atoms with van der Waals surface area (Å²) in [5, 5.41) is 9.44. The van der Waals surface area contributed by atoms with Crippen molar-refractivity contribution in [3.63, 3.8) is 0 Å². The molecule has 11 heteroatoms. The molecule has 1 saturated heterocycles. The highest BCUT2D eigenvalue weighted by atomic mass is 35.5. The van der Waals surface area contributed by atoms with Crippen molar-refractivity contribution >= 4 is 29.4 Å². The van der Waals surface area contributed by atoms with Gasteiger partial charge in [0.15, 0.2) is 5.69 Å². The van der Waals surface area contributed by atoms with Crippen LogP contribution >= 0.6 is 11.6 Å². The number of ether oxygens (including phenoxy) is 1. The summed E-state index contributed by atoms with van der Waals surface area (Å²) in [4.78, 5) is 25.3. The Bertz CT molecular complexity index is 1220. The van der Waals surface area contributed by atoms with Gasteiger partial charge in [0, 0.05) is 32.8 Å². The van der Waals surface area contributed by atoms with Gasteiger partial charge in [-0.3, -0.25) is 10.1 Å². The van der Waals surface area contributed by atoms with Gasteiger partial charge in [0.1, 0.15) is 11.6 Å². The van der Waals surface area contributed by atoms with E-state index in [0.717, 1.165) is 43.9 Å². The molecule has 9 nitrogen and oxygen atoms in total. The van der Waals surface area contributed by atoms with Crippen LogP contribution < -0.4 is 16.4 Å². The van der Waals surface area contributed by atoms with Gasteiger partial charge >= 0.3 is 6.03 Å². The van der Waals surface area contributed by atoms with Crippen molar-refractivity contribution in [2.24, 2.45) is 5.73 Å². The molecular formula is C26H32ClFN6O3. The van der Waals surface area contributed by atoms with Gasteiger partial charge in [-0.1, -0.05) is 35.9 Å². The second-order valence-electron chi connectivity index (χ2n) is 8.59. The van der Waals surface area contributed by atoms with Crippen molar-refractivity contribution in [2.45, 2.75) is 19.3 Å². The first-order valence-corrected chi connectivity index (χ1v) is 12.2. The number of anilines is 1. The van der Waals surface area contributed by atoms with Crippen LogP contribution in [-0.2, 0) is 4.74 Å². The van der Waals surface area contributed by atoms with E-state index in [4.69, 9.17) is 22.1 Å². The quantitative estimate of drug-likeness (QED) is 0.428. The van der Waals surface area contributed by atoms with E-state index in [2.05, 4.69) is 20.6 Å². The molecular weight excluding hydrogens is 499 g/mol. The Labute approximate surface area is 220 Å². The maximum absolute atomic E-state index is 13.4. The molecule has 1 atom stereocenters. The Morgan fingerprint density at radius 1 is 1.24 bits per heavy atom. The zero-order chi connectivity index (χ0) is 26.9. The number of primary amides is 1. The van der Waals surface area contributed by atoms with Crippen LogP contribution in [0.2, 0.25) is 5.02 Å². The number of para-hydroxylation sites is 1. The molecule has 0 aliphatic carbocycles. The van der Waals surface area contributed by atoms with Crippen molar-refractivity contribution in [2.75, 3.05) is 45.7 Å². The number of nitrogens with two attached hydrogens (primary N) is 1. The van der Waals surface area contributed by atoms with E-state index in [0.29, 0.717) is 17.3 Å². The molecule has 1 aliphatic heterocycles. The van der Waals surface area contributed by atoms with Crippen molar-refractivity contribution in [3.8, 4) is 5.69 Å². The van der Waals surface area contributed by atoms with Crippen LogP contribution in [0.4, 0.5) is 15.0 Å². The zero-order valence-electron chi connectivity index (χ0n) is 21.1. The molecule has 4 rings (SSSR count). The number of rotatable bonds is 7. The third-order valence-corrected chi connectivity index (χ3v) is 6.41. The predicted octanol–water partition coefficient (Wildman–Crippen LogP) is 3.95. The number of halogens is 2. The Balaban J connectivity index is 0.000000208. The number of carbonyl (C=O) groups excluding carboxylic acids is 2. The molecule has 3 aromatic rings. The molecule has 4 N–H and O–H groups in total. The lowest BCUT2D eigenvalue weighted by Crippen LogP contribution is -2.24. The maximum Gasteiger partial charge on any atom is 0.317 e. The summed E-state index contributed by atoms with van der Waals surface area (Å²) in [7, 11) is 3.23. The highest BCUT2D eigenvalue weighted by Crippen LogP contribution is 2.29. The number of aromatic nitrogens is 2. The molecule has 198 valence electrons. The average Bonchev–Trinajstić information content (AvgIpc) is 3.49. The number of urea groups is 1. The SMILES string of the molecule is CNC(=O)c1nn(-c2ccccc2)c(NC(N)=O)c1C.COCCN1CC[C@H](c2ccc(Cl)c(F)c2)C1. The van der Waals surface area contributed by atoms with Gasteiger partial charge in [0.05, 0.1) is 17.3 Å². The highest BCUT2D eigenvalue weighted by Gasteiger charge is 2.24. The molecule has 1 aliphatic rings.